The summed E-state index contributed by atoms with van der Waals surface area (Å²) in [6.45, 7) is 2.55. The number of aldehydes is 1. The molecule has 0 spiro atoms. The quantitative estimate of drug-likeness (QED) is 0.0642. The fourth-order valence-electron chi connectivity index (χ4n) is 9.68. The Kier molecular flexibility index (Phi) is 18.2. The van der Waals surface area contributed by atoms with Crippen molar-refractivity contribution in [3.63, 3.8) is 0 Å². The number of nitrogens with zero attached hydrogens (tertiary/aromatic N) is 1. The van der Waals surface area contributed by atoms with Crippen molar-refractivity contribution in [2.45, 2.75) is 137 Å². The zero-order chi connectivity index (χ0) is 51.8. The van der Waals surface area contributed by atoms with Crippen LogP contribution in [0, 0.1) is 11.8 Å². The molecule has 1 aromatic heterocycles. The lowest BCUT2D eigenvalue weighted by Gasteiger charge is -2.49. The van der Waals surface area contributed by atoms with Crippen molar-refractivity contribution in [3.8, 4) is 5.75 Å². The predicted octanol–water partition coefficient (Wildman–Crippen LogP) is -3.60. The molecule has 6 heterocycles. The van der Waals surface area contributed by atoms with Crippen LogP contribution >= 0.6 is 11.8 Å². The first-order valence-corrected chi connectivity index (χ1v) is 25.0. The number of aliphatic hydroxyl groups is 3. The average molecular weight is 1010 g/mol. The van der Waals surface area contributed by atoms with Gasteiger partial charge in [-0.15, -0.1) is 11.8 Å². The van der Waals surface area contributed by atoms with Crippen molar-refractivity contribution < 1.29 is 63.2 Å². The molecule has 0 radical (unpaired) electrons. The van der Waals surface area contributed by atoms with Gasteiger partial charge in [0.15, 0.2) is 6.29 Å². The number of ketones is 1. The summed E-state index contributed by atoms with van der Waals surface area (Å²) in [6.07, 6.45) is -2.30. The third kappa shape index (κ3) is 12.3. The van der Waals surface area contributed by atoms with Gasteiger partial charge in [-0.05, 0) is 43.0 Å². The van der Waals surface area contributed by atoms with Crippen LogP contribution < -0.4 is 53.4 Å². The van der Waals surface area contributed by atoms with Gasteiger partial charge in [0.1, 0.15) is 35.6 Å². The molecule has 15 N–H and O–H groups in total. The minimum atomic E-state index is -2.42. The number of rotatable bonds is 14. The molecule has 1 fully saturated rings. The van der Waals surface area contributed by atoms with E-state index in [1.54, 1.807) is 26.0 Å². The average Bonchev–Trinajstić information content (AvgIpc) is 3.87. The molecular formula is C46H67N11O13S. The summed E-state index contributed by atoms with van der Waals surface area (Å²) in [6, 6.07) is -3.02. The van der Waals surface area contributed by atoms with E-state index in [2.05, 4.69) is 42.2 Å². The molecule has 0 saturated carbocycles. The number of primary amides is 1. The van der Waals surface area contributed by atoms with Gasteiger partial charge in [0.05, 0.1) is 54.9 Å². The molecule has 71 heavy (non-hydrogen) atoms. The number of aromatic amines is 1. The number of unbranched alkanes of at least 4 members (excludes halogenated alkanes) is 3. The van der Waals surface area contributed by atoms with E-state index < -0.39 is 152 Å². The number of aromatic nitrogens is 1. The van der Waals surface area contributed by atoms with E-state index in [4.69, 9.17) is 16.2 Å². The molecule has 25 heteroatoms. The molecule has 5 aliphatic heterocycles. The summed E-state index contributed by atoms with van der Waals surface area (Å²) in [5.74, 6) is -9.20. The van der Waals surface area contributed by atoms with Crippen LogP contribution in [0.3, 0.4) is 0 Å². The van der Waals surface area contributed by atoms with Gasteiger partial charge in [-0.3, -0.25) is 48.5 Å². The van der Waals surface area contributed by atoms with Gasteiger partial charge < -0.3 is 68.4 Å². The number of Topliss-reactive ketones (excluding diaryl/α,β-unsaturated/α-hetero) is 1. The second-order valence-corrected chi connectivity index (χ2v) is 19.9. The standard InChI is InChI=1S/C46H67N11O13S/c1-4-23(2)37-42(68)50-17-35(63)51-32-21-71-44-28-14-31(40(66)49-18-36(64)55-37)53-43(69)38(24(3)33(61)20-58)56-45(22-59)16-25(60)19-57(45)46(11-7-5-6-8-12-47,39(65)30(15-34(48)62)52-41(32)67)70-26-9-10-27(28)29(13-26)54-44/h9-10,13,22-25,30-33,37-38,54,56,58,60-61H,4-8,11-12,14-21,47H2,1-3H3,(H2,48,62)(H,49,66)(H,50,68)(H,51,63)(H,52,67)(H,53,69)(H,55,64)/t23-,24-,25+,30-,31?,32?,33-,37-,38-,45-,46?/m0/s1. The monoisotopic (exact) mass is 1010 g/mol. The Morgan fingerprint density at radius 2 is 1.63 bits per heavy atom. The minimum Gasteiger partial charge on any atom is -0.465 e. The van der Waals surface area contributed by atoms with Gasteiger partial charge in [0.2, 0.25) is 52.9 Å². The number of benzene rings is 1. The first-order chi connectivity index (χ1) is 33.8. The number of aliphatic hydroxyl groups excluding tert-OH is 3. The fraction of sp³-hybridized carbons (Fsp3) is 0.630. The highest BCUT2D eigenvalue weighted by atomic mass is 32.2. The first kappa shape index (κ1) is 54.6. The molecule has 24 nitrogen and oxygen atoms in total. The number of thioether (sulfide) groups is 1. The SMILES string of the molecule is CC[C@H](C)[C@@H]1NC(=O)CNC(=O)C2Cc3c4[nH]c5cc(ccc35)OC(CCCCCCN)(C(=O)[C@H](CC(N)=O)NC(=O)C(CS4)NC(=O)CNC1=O)N1C[C@H](O)C[C@]1(C=O)N[C@@H]([C@@H](C)[C@@H](O)CO)C(=O)N2. The van der Waals surface area contributed by atoms with E-state index in [0.717, 1.165) is 11.8 Å². The van der Waals surface area contributed by atoms with Gasteiger partial charge in [0, 0.05) is 48.9 Å². The normalized spacial score (nSPS) is 29.6. The van der Waals surface area contributed by atoms with Gasteiger partial charge in [-0.2, -0.15) is 0 Å². The smallest absolute Gasteiger partial charge is 0.244 e. The summed E-state index contributed by atoms with van der Waals surface area (Å²) in [7, 11) is 0. The Hall–Kier alpha value is -5.70. The van der Waals surface area contributed by atoms with Gasteiger partial charge in [0.25, 0.3) is 0 Å². The van der Waals surface area contributed by atoms with E-state index in [1.165, 1.54) is 17.9 Å². The highest BCUT2D eigenvalue weighted by Crippen LogP contribution is 2.42. The number of carbonyl (C=O) groups excluding carboxylic acids is 9. The van der Waals surface area contributed by atoms with E-state index in [-0.39, 0.29) is 30.8 Å². The number of hydrogen-bond donors (Lipinski definition) is 13. The highest BCUT2D eigenvalue weighted by Gasteiger charge is 2.62. The van der Waals surface area contributed by atoms with Crippen LogP contribution in [0.1, 0.15) is 77.7 Å². The Balaban J connectivity index is 1.67. The van der Waals surface area contributed by atoms with Crippen LogP contribution in [-0.2, 0) is 49.6 Å². The van der Waals surface area contributed by atoms with Crippen molar-refractivity contribution in [1.29, 1.82) is 0 Å². The van der Waals surface area contributed by atoms with Crippen LogP contribution in [0.15, 0.2) is 23.2 Å². The number of fused-ring (bicyclic) bond motifs is 6. The third-order valence-corrected chi connectivity index (χ3v) is 15.0. The maximum absolute atomic E-state index is 16.0. The van der Waals surface area contributed by atoms with E-state index in [0.29, 0.717) is 60.0 Å². The summed E-state index contributed by atoms with van der Waals surface area (Å²) in [5.41, 5.74) is 7.73. The third-order valence-electron chi connectivity index (χ3n) is 13.8. The van der Waals surface area contributed by atoms with Gasteiger partial charge >= 0.3 is 0 Å². The minimum absolute atomic E-state index is 0.0398. The number of nitrogens with two attached hydrogens (primary N) is 2. The van der Waals surface area contributed by atoms with Crippen molar-refractivity contribution in [2.75, 3.05) is 38.5 Å². The molecule has 3 unspecified atom stereocenters. The zero-order valence-electron chi connectivity index (χ0n) is 40.0. The first-order valence-electron chi connectivity index (χ1n) is 24.0. The molecule has 1 saturated heterocycles. The number of hydrogen-bond acceptors (Lipinski definition) is 17. The number of amides is 7. The number of carbonyl (C=O) groups is 9. The maximum atomic E-state index is 16.0. The predicted molar refractivity (Wildman–Crippen MR) is 256 cm³/mol. The topological polar surface area (TPSA) is 379 Å². The second kappa shape index (κ2) is 23.7. The molecule has 7 amide bonds. The van der Waals surface area contributed by atoms with E-state index in [9.17, 15) is 48.9 Å². The van der Waals surface area contributed by atoms with Crippen LogP contribution in [0.5, 0.6) is 5.75 Å². The van der Waals surface area contributed by atoms with Crippen LogP contribution in [0.4, 0.5) is 0 Å². The second-order valence-electron chi connectivity index (χ2n) is 18.9. The zero-order valence-corrected chi connectivity index (χ0v) is 40.9. The largest absolute Gasteiger partial charge is 0.465 e. The molecule has 0 aliphatic carbocycles. The van der Waals surface area contributed by atoms with Crippen molar-refractivity contribution in [3.05, 3.63) is 23.8 Å². The molecule has 11 atom stereocenters. The van der Waals surface area contributed by atoms with E-state index >= 15 is 9.59 Å². The number of nitrogens with one attached hydrogen (secondary N) is 8. The van der Waals surface area contributed by atoms with E-state index in [1.807, 2.05) is 0 Å². The van der Waals surface area contributed by atoms with Crippen LogP contribution in [0.25, 0.3) is 10.9 Å². The lowest BCUT2D eigenvalue weighted by Crippen LogP contribution is -2.74. The molecular weight excluding hydrogens is 947 g/mol. The lowest BCUT2D eigenvalue weighted by molar-refractivity contribution is -0.176. The molecule has 8 bridgehead atoms. The number of ether oxygens (including phenoxy) is 1. The highest BCUT2D eigenvalue weighted by molar-refractivity contribution is 7.99. The van der Waals surface area contributed by atoms with Crippen LogP contribution in [0.2, 0.25) is 0 Å². The molecule has 5 aliphatic rings. The summed E-state index contributed by atoms with van der Waals surface area (Å²) >= 11 is 1.02. The Morgan fingerprint density at radius 3 is 2.31 bits per heavy atom. The van der Waals surface area contributed by atoms with Crippen molar-refractivity contribution in [2.24, 2.45) is 23.3 Å². The van der Waals surface area contributed by atoms with Gasteiger partial charge in [-0.1, -0.05) is 40.0 Å². The molecule has 1 aromatic carbocycles. The van der Waals surface area contributed by atoms with Gasteiger partial charge in [-0.25, -0.2) is 4.90 Å². The number of H-pyrrole nitrogens is 1. The summed E-state index contributed by atoms with van der Waals surface area (Å²) < 4.78 is 6.94. The summed E-state index contributed by atoms with van der Waals surface area (Å²) in [4.78, 5) is 133. The fourth-order valence-corrected chi connectivity index (χ4v) is 10.8. The maximum Gasteiger partial charge on any atom is 0.244 e. The molecule has 390 valence electrons. The Morgan fingerprint density at radius 1 is 0.930 bits per heavy atom. The Bertz CT molecular complexity index is 2350. The van der Waals surface area contributed by atoms with Crippen molar-refractivity contribution in [1.82, 2.24) is 47.1 Å². The van der Waals surface area contributed by atoms with Crippen LogP contribution in [-0.4, -0.2) is 171 Å². The molecule has 7 rings (SSSR count). The molecule has 2 aromatic rings. The van der Waals surface area contributed by atoms with Crippen molar-refractivity contribution >= 4 is 76.1 Å². The summed E-state index contributed by atoms with van der Waals surface area (Å²) in [5, 5.41) is 52.5. The lowest BCUT2D eigenvalue weighted by atomic mass is 9.88. The Labute approximate surface area is 414 Å².